The fraction of sp³-hybridized carbons (Fsp3) is 1.00. The van der Waals surface area contributed by atoms with Gasteiger partial charge < -0.3 is 10.2 Å². The van der Waals surface area contributed by atoms with Crippen molar-refractivity contribution in [2.75, 3.05) is 0 Å². The van der Waals surface area contributed by atoms with Crippen LogP contribution in [0.25, 0.3) is 0 Å². The molecule has 0 amide bonds. The summed E-state index contributed by atoms with van der Waals surface area (Å²) in [6, 6.07) is 0. The van der Waals surface area contributed by atoms with E-state index in [9.17, 15) is 10.2 Å². The van der Waals surface area contributed by atoms with E-state index in [0.29, 0.717) is 0 Å². The molecule has 0 saturated heterocycles. The largest absolute Gasteiger partial charge is 0.366 e. The van der Waals surface area contributed by atoms with E-state index in [0.717, 1.165) is 0 Å². The molecule has 0 rings (SSSR count). The molecule has 2 nitrogen and oxygen atoms in total. The molecule has 0 aromatic rings. The Bertz CT molecular complexity index is 91.4. The fourth-order valence-corrected chi connectivity index (χ4v) is 0.820. The molecule has 2 heteroatoms. The van der Waals surface area contributed by atoms with E-state index < -0.39 is 5.79 Å². The molecule has 62 valence electrons. The van der Waals surface area contributed by atoms with Crippen LogP contribution in [-0.2, 0) is 0 Å². The Morgan fingerprint density at radius 2 is 1.30 bits per heavy atom. The molecule has 1 unspecified atom stereocenters. The Kier molecular flexibility index (Phi) is 2.49. The maximum Gasteiger partial charge on any atom is 0.162 e. The van der Waals surface area contributed by atoms with E-state index in [1.54, 1.807) is 0 Å². The maximum absolute atomic E-state index is 9.18. The number of rotatable bonds is 1. The molecule has 0 radical (unpaired) electrons. The minimum absolute atomic E-state index is 0.0573. The molecular formula is C8H18O2. The minimum Gasteiger partial charge on any atom is -0.366 e. The van der Waals surface area contributed by atoms with Gasteiger partial charge in [0.2, 0.25) is 0 Å². The van der Waals surface area contributed by atoms with Crippen LogP contribution >= 0.6 is 0 Å². The van der Waals surface area contributed by atoms with Gasteiger partial charge >= 0.3 is 0 Å². The quantitative estimate of drug-likeness (QED) is 0.548. The number of hydrogen-bond donors (Lipinski definition) is 2. The maximum atomic E-state index is 9.18. The molecule has 0 aromatic heterocycles. The first-order chi connectivity index (χ1) is 4.15. The highest BCUT2D eigenvalue weighted by molar-refractivity contribution is 4.78. The van der Waals surface area contributed by atoms with E-state index in [2.05, 4.69) is 0 Å². The minimum atomic E-state index is -1.56. The smallest absolute Gasteiger partial charge is 0.162 e. The van der Waals surface area contributed by atoms with Gasteiger partial charge in [0, 0.05) is 5.92 Å². The topological polar surface area (TPSA) is 40.5 Å². The van der Waals surface area contributed by atoms with Crippen LogP contribution in [0.2, 0.25) is 0 Å². The van der Waals surface area contributed by atoms with Crippen molar-refractivity contribution in [2.45, 2.75) is 40.4 Å². The molecule has 0 heterocycles. The van der Waals surface area contributed by atoms with Crippen LogP contribution < -0.4 is 0 Å². The zero-order valence-corrected chi connectivity index (χ0v) is 7.47. The van der Waals surface area contributed by atoms with Crippen molar-refractivity contribution in [3.05, 3.63) is 0 Å². The Morgan fingerprint density at radius 3 is 1.30 bits per heavy atom. The van der Waals surface area contributed by atoms with E-state index in [1.807, 2.05) is 27.7 Å². The Labute approximate surface area is 62.9 Å². The monoisotopic (exact) mass is 146 g/mol. The average molecular weight is 146 g/mol. The number of aliphatic hydroxyl groups is 2. The van der Waals surface area contributed by atoms with Crippen molar-refractivity contribution >= 4 is 0 Å². The summed E-state index contributed by atoms with van der Waals surface area (Å²) in [6.07, 6.45) is 0. The molecule has 0 bridgehead atoms. The second kappa shape index (κ2) is 2.51. The van der Waals surface area contributed by atoms with Gasteiger partial charge in [-0.1, -0.05) is 27.7 Å². The molecule has 0 fully saturated rings. The molecule has 0 aliphatic rings. The van der Waals surface area contributed by atoms with Crippen molar-refractivity contribution in [1.29, 1.82) is 0 Å². The van der Waals surface area contributed by atoms with Crippen LogP contribution in [0.5, 0.6) is 0 Å². The molecule has 0 spiro atoms. The third-order valence-corrected chi connectivity index (χ3v) is 2.12. The molecule has 1 atom stereocenters. The summed E-state index contributed by atoms with van der Waals surface area (Å²) < 4.78 is 0. The lowest BCUT2D eigenvalue weighted by Gasteiger charge is -2.35. The summed E-state index contributed by atoms with van der Waals surface area (Å²) in [7, 11) is 0. The first kappa shape index (κ1) is 9.92. The van der Waals surface area contributed by atoms with Gasteiger partial charge in [-0.15, -0.1) is 0 Å². The molecular weight excluding hydrogens is 128 g/mol. The summed E-state index contributed by atoms with van der Waals surface area (Å²) in [5, 5.41) is 18.4. The predicted octanol–water partition coefficient (Wildman–Crippen LogP) is 1.37. The van der Waals surface area contributed by atoms with Gasteiger partial charge in [0.15, 0.2) is 5.79 Å². The van der Waals surface area contributed by atoms with Gasteiger partial charge in [0.1, 0.15) is 0 Å². The highest BCUT2D eigenvalue weighted by Gasteiger charge is 2.34. The zero-order valence-electron chi connectivity index (χ0n) is 7.47. The summed E-state index contributed by atoms with van der Waals surface area (Å²) in [5.74, 6) is -1.68. The van der Waals surface area contributed by atoms with Gasteiger partial charge in [-0.3, -0.25) is 0 Å². The molecule has 0 aliphatic heterocycles. The van der Waals surface area contributed by atoms with Crippen LogP contribution in [0.15, 0.2) is 0 Å². The lowest BCUT2D eigenvalue weighted by molar-refractivity contribution is -0.202. The Morgan fingerprint density at radius 1 is 1.00 bits per heavy atom. The van der Waals surface area contributed by atoms with Gasteiger partial charge in [-0.25, -0.2) is 0 Å². The van der Waals surface area contributed by atoms with Crippen LogP contribution in [0.4, 0.5) is 0 Å². The summed E-state index contributed by atoms with van der Waals surface area (Å²) in [5.41, 5.74) is -0.0573. The predicted molar refractivity (Wildman–Crippen MR) is 41.5 cm³/mol. The van der Waals surface area contributed by atoms with E-state index in [4.69, 9.17) is 0 Å². The van der Waals surface area contributed by atoms with Crippen molar-refractivity contribution in [3.8, 4) is 0 Å². The Hall–Kier alpha value is -0.0800. The van der Waals surface area contributed by atoms with Gasteiger partial charge in [0.25, 0.3) is 0 Å². The highest BCUT2D eigenvalue weighted by atomic mass is 16.5. The van der Waals surface area contributed by atoms with Crippen LogP contribution in [0, 0.1) is 11.3 Å². The third-order valence-electron chi connectivity index (χ3n) is 2.12. The molecule has 2 N–H and O–H groups in total. The van der Waals surface area contributed by atoms with Crippen molar-refractivity contribution in [1.82, 2.24) is 0 Å². The molecule has 10 heavy (non-hydrogen) atoms. The Balaban J connectivity index is 4.23. The summed E-state index contributed by atoms with van der Waals surface area (Å²) in [4.78, 5) is 0. The van der Waals surface area contributed by atoms with Gasteiger partial charge in [-0.2, -0.15) is 0 Å². The second-order valence-corrected chi connectivity index (χ2v) is 4.18. The van der Waals surface area contributed by atoms with Crippen molar-refractivity contribution in [3.63, 3.8) is 0 Å². The van der Waals surface area contributed by atoms with Crippen LogP contribution in [0.1, 0.15) is 34.6 Å². The first-order valence-corrected chi connectivity index (χ1v) is 3.60. The number of hydrogen-bond acceptors (Lipinski definition) is 2. The second-order valence-electron chi connectivity index (χ2n) is 4.18. The van der Waals surface area contributed by atoms with Crippen LogP contribution in [-0.4, -0.2) is 16.0 Å². The first-order valence-electron chi connectivity index (χ1n) is 3.60. The summed E-state index contributed by atoms with van der Waals surface area (Å²) in [6.45, 7) is 9.22. The van der Waals surface area contributed by atoms with Gasteiger partial charge in [-0.05, 0) is 12.3 Å². The van der Waals surface area contributed by atoms with E-state index >= 15 is 0 Å². The van der Waals surface area contributed by atoms with Crippen LogP contribution in [0.3, 0.4) is 0 Å². The third kappa shape index (κ3) is 2.67. The SMILES string of the molecule is CC(C(C)(C)C)C(C)(O)O. The average Bonchev–Trinajstić information content (AvgIpc) is 1.59. The normalized spacial score (nSPS) is 17.1. The lowest BCUT2D eigenvalue weighted by Crippen LogP contribution is -2.39. The molecule has 0 aromatic carbocycles. The lowest BCUT2D eigenvalue weighted by atomic mass is 9.77. The van der Waals surface area contributed by atoms with E-state index in [-0.39, 0.29) is 11.3 Å². The van der Waals surface area contributed by atoms with Crippen molar-refractivity contribution in [2.24, 2.45) is 11.3 Å². The standard InChI is InChI=1S/C8H18O2/c1-6(7(2,3)4)8(5,9)10/h6,9-10H,1-5H3. The highest BCUT2D eigenvalue weighted by Crippen LogP contribution is 2.32. The summed E-state index contributed by atoms with van der Waals surface area (Å²) >= 11 is 0. The van der Waals surface area contributed by atoms with E-state index in [1.165, 1.54) is 6.92 Å². The van der Waals surface area contributed by atoms with Gasteiger partial charge in [0.05, 0.1) is 0 Å². The molecule has 0 aliphatic carbocycles. The zero-order chi connectivity index (χ0) is 8.58. The van der Waals surface area contributed by atoms with Crippen molar-refractivity contribution < 1.29 is 10.2 Å². The molecule has 0 saturated carbocycles. The fourth-order valence-electron chi connectivity index (χ4n) is 0.820.